The fraction of sp³-hybridized carbons (Fsp3) is 0.130. The van der Waals surface area contributed by atoms with Crippen LogP contribution in [0.25, 0.3) is 0 Å². The number of hydrogen-bond acceptors (Lipinski definition) is 3. The summed E-state index contributed by atoms with van der Waals surface area (Å²) in [5.41, 5.74) is -1.34. The normalized spacial score (nSPS) is 18.4. The average molecular weight is 408 g/mol. The number of imide groups is 1. The van der Waals surface area contributed by atoms with Crippen LogP contribution in [-0.4, -0.2) is 16.8 Å². The fourth-order valence-corrected chi connectivity index (χ4v) is 3.42. The first-order valence-corrected chi connectivity index (χ1v) is 9.29. The van der Waals surface area contributed by atoms with Crippen molar-refractivity contribution in [3.8, 4) is 11.5 Å². The number of hydrogen-bond donors (Lipinski definition) is 1. The first-order chi connectivity index (χ1) is 14.4. The minimum absolute atomic E-state index is 0.0831. The summed E-state index contributed by atoms with van der Waals surface area (Å²) in [6.07, 6.45) is 0. The number of nitrogens with one attached hydrogen (secondary N) is 1. The van der Waals surface area contributed by atoms with E-state index < -0.39 is 29.1 Å². The molecule has 3 aromatic carbocycles. The molecule has 30 heavy (non-hydrogen) atoms. The highest BCUT2D eigenvalue weighted by Crippen LogP contribution is 2.33. The van der Waals surface area contributed by atoms with Crippen LogP contribution < -0.4 is 10.1 Å². The molecule has 0 radical (unpaired) electrons. The molecule has 0 saturated carbocycles. The van der Waals surface area contributed by atoms with E-state index in [2.05, 4.69) is 5.32 Å². The van der Waals surface area contributed by atoms with Crippen molar-refractivity contribution in [2.24, 2.45) is 0 Å². The largest absolute Gasteiger partial charge is 0.457 e. The van der Waals surface area contributed by atoms with Gasteiger partial charge in [0.2, 0.25) is 0 Å². The maximum absolute atomic E-state index is 14.3. The molecule has 4 rings (SSSR count). The Bertz CT molecular complexity index is 1120. The molecule has 0 bridgehead atoms. The Labute approximate surface area is 171 Å². The molecular weight excluding hydrogens is 390 g/mol. The molecule has 1 heterocycles. The van der Waals surface area contributed by atoms with Crippen molar-refractivity contribution in [2.75, 3.05) is 0 Å². The van der Waals surface area contributed by atoms with Gasteiger partial charge in [0.05, 0.1) is 6.54 Å². The zero-order valence-corrected chi connectivity index (χ0v) is 16.1. The molecule has 3 aromatic rings. The van der Waals surface area contributed by atoms with Gasteiger partial charge in [-0.1, -0.05) is 36.4 Å². The lowest BCUT2D eigenvalue weighted by molar-refractivity contribution is -0.131. The predicted molar refractivity (Wildman–Crippen MR) is 106 cm³/mol. The van der Waals surface area contributed by atoms with Gasteiger partial charge < -0.3 is 10.1 Å². The summed E-state index contributed by atoms with van der Waals surface area (Å²) in [6, 6.07) is 18.2. The third-order valence-corrected chi connectivity index (χ3v) is 5.01. The number of urea groups is 1. The number of nitrogens with zero attached hydrogens (tertiary/aromatic N) is 1. The van der Waals surface area contributed by atoms with E-state index in [9.17, 15) is 18.4 Å². The Kier molecular flexibility index (Phi) is 4.95. The van der Waals surface area contributed by atoms with Crippen LogP contribution in [-0.2, 0) is 16.9 Å². The van der Waals surface area contributed by atoms with E-state index in [1.165, 1.54) is 6.92 Å². The van der Waals surface area contributed by atoms with Gasteiger partial charge in [-0.2, -0.15) is 0 Å². The van der Waals surface area contributed by atoms with E-state index in [1.807, 2.05) is 18.2 Å². The van der Waals surface area contributed by atoms with Crippen molar-refractivity contribution in [3.63, 3.8) is 0 Å². The Morgan fingerprint density at radius 3 is 2.43 bits per heavy atom. The molecule has 1 N–H and O–H groups in total. The molecule has 0 aliphatic carbocycles. The highest BCUT2D eigenvalue weighted by molar-refractivity contribution is 6.07. The lowest BCUT2D eigenvalue weighted by atomic mass is 9.91. The van der Waals surface area contributed by atoms with Crippen LogP contribution >= 0.6 is 0 Å². The number of amides is 3. The minimum atomic E-state index is -1.71. The molecule has 0 unspecified atom stereocenters. The van der Waals surface area contributed by atoms with Crippen LogP contribution in [0, 0.1) is 11.6 Å². The topological polar surface area (TPSA) is 58.6 Å². The molecule has 152 valence electrons. The number of halogens is 2. The molecule has 0 spiro atoms. The third kappa shape index (κ3) is 3.50. The third-order valence-electron chi connectivity index (χ3n) is 5.01. The van der Waals surface area contributed by atoms with Crippen LogP contribution in [0.1, 0.15) is 18.1 Å². The van der Waals surface area contributed by atoms with E-state index in [-0.39, 0.29) is 12.1 Å². The molecule has 1 aliphatic heterocycles. The second-order valence-electron chi connectivity index (χ2n) is 7.09. The van der Waals surface area contributed by atoms with Crippen molar-refractivity contribution >= 4 is 11.9 Å². The van der Waals surface area contributed by atoms with Crippen LogP contribution in [0.15, 0.2) is 72.8 Å². The molecule has 3 amide bonds. The summed E-state index contributed by atoms with van der Waals surface area (Å²) in [5, 5.41) is 2.49. The van der Waals surface area contributed by atoms with Gasteiger partial charge in [-0.25, -0.2) is 13.6 Å². The van der Waals surface area contributed by atoms with Gasteiger partial charge in [0, 0.05) is 11.1 Å². The lowest BCUT2D eigenvalue weighted by Gasteiger charge is -2.23. The van der Waals surface area contributed by atoms with E-state index in [0.717, 1.165) is 23.1 Å². The van der Waals surface area contributed by atoms with Gasteiger partial charge in [-0.15, -0.1) is 0 Å². The summed E-state index contributed by atoms with van der Waals surface area (Å²) in [4.78, 5) is 26.6. The van der Waals surface area contributed by atoms with E-state index in [0.29, 0.717) is 17.1 Å². The quantitative estimate of drug-likeness (QED) is 0.622. The van der Waals surface area contributed by atoms with Gasteiger partial charge in [-0.3, -0.25) is 9.69 Å². The van der Waals surface area contributed by atoms with Gasteiger partial charge in [-0.05, 0) is 43.3 Å². The van der Waals surface area contributed by atoms with Gasteiger partial charge in [0.15, 0.2) is 0 Å². The number of ether oxygens (including phenoxy) is 1. The number of carbonyl (C=O) groups excluding carboxylic acids is 2. The predicted octanol–water partition coefficient (Wildman–Crippen LogP) is 4.72. The van der Waals surface area contributed by atoms with Crippen LogP contribution in [0.5, 0.6) is 11.5 Å². The molecule has 1 aliphatic rings. The molecule has 5 nitrogen and oxygen atoms in total. The number of rotatable bonds is 5. The number of benzene rings is 3. The summed E-state index contributed by atoms with van der Waals surface area (Å²) >= 11 is 0. The summed E-state index contributed by atoms with van der Waals surface area (Å²) in [7, 11) is 0. The Morgan fingerprint density at radius 1 is 0.967 bits per heavy atom. The Morgan fingerprint density at radius 2 is 1.67 bits per heavy atom. The Balaban J connectivity index is 1.63. The van der Waals surface area contributed by atoms with Crippen molar-refractivity contribution in [1.82, 2.24) is 10.2 Å². The summed E-state index contributed by atoms with van der Waals surface area (Å²) in [5.74, 6) is -1.06. The highest BCUT2D eigenvalue weighted by atomic mass is 19.1. The zero-order chi connectivity index (χ0) is 21.3. The van der Waals surface area contributed by atoms with E-state index >= 15 is 0 Å². The SMILES string of the molecule is C[C@@]1(c2cc(F)ccc2F)NC(=O)N(Cc2ccccc2Oc2ccccc2)C1=O. The fourth-order valence-electron chi connectivity index (χ4n) is 3.42. The van der Waals surface area contributed by atoms with Crippen LogP contribution in [0.4, 0.5) is 13.6 Å². The second-order valence-corrected chi connectivity index (χ2v) is 7.09. The molecule has 1 fully saturated rings. The van der Waals surface area contributed by atoms with Crippen molar-refractivity contribution in [1.29, 1.82) is 0 Å². The van der Waals surface area contributed by atoms with Crippen LogP contribution in [0.2, 0.25) is 0 Å². The molecular formula is C23H18F2N2O3. The van der Waals surface area contributed by atoms with E-state index in [1.54, 1.807) is 36.4 Å². The molecule has 0 aromatic heterocycles. The van der Waals surface area contributed by atoms with E-state index in [4.69, 9.17) is 4.74 Å². The molecule has 1 atom stereocenters. The molecule has 7 heteroatoms. The van der Waals surface area contributed by atoms with Gasteiger partial charge in [0.25, 0.3) is 5.91 Å². The van der Waals surface area contributed by atoms with Crippen LogP contribution in [0.3, 0.4) is 0 Å². The monoisotopic (exact) mass is 408 g/mol. The first kappa shape index (κ1) is 19.6. The maximum Gasteiger partial charge on any atom is 0.325 e. The number of para-hydroxylation sites is 2. The second kappa shape index (κ2) is 7.59. The van der Waals surface area contributed by atoms with Gasteiger partial charge in [0.1, 0.15) is 28.7 Å². The smallest absolute Gasteiger partial charge is 0.325 e. The Hall–Kier alpha value is -3.74. The standard InChI is InChI=1S/C23H18F2N2O3/c1-23(18-13-16(24)11-12-19(18)25)21(28)27(22(29)26-23)14-15-7-5-6-10-20(15)30-17-8-3-2-4-9-17/h2-13H,14H2,1H3,(H,26,29)/t23-/m0/s1. The van der Waals surface area contributed by atoms with Crippen molar-refractivity contribution in [3.05, 3.63) is 95.6 Å². The first-order valence-electron chi connectivity index (χ1n) is 9.29. The van der Waals surface area contributed by atoms with Gasteiger partial charge >= 0.3 is 6.03 Å². The summed E-state index contributed by atoms with van der Waals surface area (Å²) < 4.78 is 33.9. The maximum atomic E-state index is 14.3. The number of carbonyl (C=O) groups is 2. The van der Waals surface area contributed by atoms with Crippen molar-refractivity contribution < 1.29 is 23.1 Å². The minimum Gasteiger partial charge on any atom is -0.457 e. The zero-order valence-electron chi connectivity index (χ0n) is 16.1. The highest BCUT2D eigenvalue weighted by Gasteiger charge is 2.50. The summed E-state index contributed by atoms with van der Waals surface area (Å²) in [6.45, 7) is 1.28. The lowest BCUT2D eigenvalue weighted by Crippen LogP contribution is -2.41. The van der Waals surface area contributed by atoms with Crippen molar-refractivity contribution in [2.45, 2.75) is 19.0 Å². The molecule has 1 saturated heterocycles. The average Bonchev–Trinajstić information content (AvgIpc) is 2.95.